The van der Waals surface area contributed by atoms with Gasteiger partial charge < -0.3 is 14.7 Å². The maximum atomic E-state index is 13.7. The zero-order chi connectivity index (χ0) is 22.8. The molecule has 0 aliphatic carbocycles. The molecule has 32 heavy (non-hydrogen) atoms. The number of benzene rings is 1. The SMILES string of the molecule is Cc1ccc(N2C(=O)CC(C(=O)N3CCC(CN(C)C(C)C)CC3)C2c2cccs2)cc1. The smallest absolute Gasteiger partial charge is 0.228 e. The van der Waals surface area contributed by atoms with E-state index in [0.29, 0.717) is 12.0 Å². The van der Waals surface area contributed by atoms with Gasteiger partial charge in [-0.3, -0.25) is 9.59 Å². The van der Waals surface area contributed by atoms with Gasteiger partial charge in [0.2, 0.25) is 11.8 Å². The van der Waals surface area contributed by atoms with Crippen LogP contribution in [0, 0.1) is 18.8 Å². The normalized spacial score (nSPS) is 22.4. The van der Waals surface area contributed by atoms with Crippen LogP contribution in [0.5, 0.6) is 0 Å². The molecule has 4 rings (SSSR count). The summed E-state index contributed by atoms with van der Waals surface area (Å²) in [6.45, 7) is 9.16. The van der Waals surface area contributed by atoms with Crippen LogP contribution in [0.1, 0.15) is 49.6 Å². The number of amides is 2. The third kappa shape index (κ3) is 4.76. The fourth-order valence-corrected chi connectivity index (χ4v) is 5.82. The first-order valence-corrected chi connectivity index (χ1v) is 12.6. The molecule has 2 amide bonds. The molecule has 5 nitrogen and oxygen atoms in total. The van der Waals surface area contributed by atoms with Crippen molar-refractivity contribution in [1.29, 1.82) is 0 Å². The van der Waals surface area contributed by atoms with Gasteiger partial charge in [0, 0.05) is 42.7 Å². The van der Waals surface area contributed by atoms with Gasteiger partial charge >= 0.3 is 0 Å². The summed E-state index contributed by atoms with van der Waals surface area (Å²) in [4.78, 5) is 34.2. The van der Waals surface area contributed by atoms with Crippen molar-refractivity contribution in [1.82, 2.24) is 9.80 Å². The number of thiophene rings is 1. The quantitative estimate of drug-likeness (QED) is 0.635. The van der Waals surface area contributed by atoms with Crippen LogP contribution >= 0.6 is 11.3 Å². The number of carbonyl (C=O) groups is 2. The Morgan fingerprint density at radius 1 is 1.16 bits per heavy atom. The molecule has 3 heterocycles. The van der Waals surface area contributed by atoms with E-state index in [9.17, 15) is 9.59 Å². The standard InChI is InChI=1S/C26H35N3O2S/c1-18(2)27(4)17-20-11-13-28(14-12-20)26(31)22-16-24(30)29(21-9-7-19(3)8-10-21)25(22)23-6-5-15-32-23/h5-10,15,18,20,22,25H,11-14,16-17H2,1-4H3. The summed E-state index contributed by atoms with van der Waals surface area (Å²) < 4.78 is 0. The molecule has 172 valence electrons. The number of likely N-dealkylation sites (tertiary alicyclic amines) is 1. The fourth-order valence-electron chi connectivity index (χ4n) is 4.94. The largest absolute Gasteiger partial charge is 0.342 e. The predicted molar refractivity (Wildman–Crippen MR) is 131 cm³/mol. The molecular weight excluding hydrogens is 418 g/mol. The maximum absolute atomic E-state index is 13.7. The van der Waals surface area contributed by atoms with E-state index in [4.69, 9.17) is 0 Å². The van der Waals surface area contributed by atoms with Gasteiger partial charge in [0.15, 0.2) is 0 Å². The van der Waals surface area contributed by atoms with E-state index >= 15 is 0 Å². The highest BCUT2D eigenvalue weighted by Gasteiger charge is 2.47. The average molecular weight is 454 g/mol. The van der Waals surface area contributed by atoms with Crippen LogP contribution < -0.4 is 4.90 Å². The van der Waals surface area contributed by atoms with E-state index in [1.165, 1.54) is 0 Å². The van der Waals surface area contributed by atoms with Crippen LogP contribution in [-0.4, -0.2) is 54.3 Å². The van der Waals surface area contributed by atoms with Crippen LogP contribution in [0.2, 0.25) is 0 Å². The van der Waals surface area contributed by atoms with Crippen LogP contribution in [0.15, 0.2) is 41.8 Å². The number of nitrogens with zero attached hydrogens (tertiary/aromatic N) is 3. The van der Waals surface area contributed by atoms with Gasteiger partial charge in [-0.15, -0.1) is 11.3 Å². The Morgan fingerprint density at radius 2 is 1.84 bits per heavy atom. The minimum absolute atomic E-state index is 0.0408. The van der Waals surface area contributed by atoms with Gasteiger partial charge in [-0.1, -0.05) is 23.8 Å². The first kappa shape index (κ1) is 23.0. The van der Waals surface area contributed by atoms with Crippen molar-refractivity contribution in [3.63, 3.8) is 0 Å². The summed E-state index contributed by atoms with van der Waals surface area (Å²) in [6, 6.07) is 12.4. The lowest BCUT2D eigenvalue weighted by molar-refractivity contribution is -0.138. The lowest BCUT2D eigenvalue weighted by Gasteiger charge is -2.37. The van der Waals surface area contributed by atoms with Gasteiger partial charge in [0.05, 0.1) is 12.0 Å². The molecular formula is C26H35N3O2S. The van der Waals surface area contributed by atoms with Crippen molar-refractivity contribution in [3.05, 3.63) is 52.2 Å². The second kappa shape index (κ2) is 9.75. The van der Waals surface area contributed by atoms with Crippen LogP contribution in [0.3, 0.4) is 0 Å². The molecule has 2 unspecified atom stereocenters. The van der Waals surface area contributed by atoms with Crippen molar-refractivity contribution >= 4 is 28.8 Å². The van der Waals surface area contributed by atoms with Crippen molar-refractivity contribution in [3.8, 4) is 0 Å². The number of rotatable bonds is 6. The van der Waals surface area contributed by atoms with Gasteiger partial charge in [-0.05, 0) is 70.2 Å². The molecule has 2 fully saturated rings. The van der Waals surface area contributed by atoms with E-state index < -0.39 is 0 Å². The average Bonchev–Trinajstić information content (AvgIpc) is 3.42. The molecule has 2 aliphatic heterocycles. The summed E-state index contributed by atoms with van der Waals surface area (Å²) in [5, 5.41) is 2.03. The summed E-state index contributed by atoms with van der Waals surface area (Å²) >= 11 is 1.63. The summed E-state index contributed by atoms with van der Waals surface area (Å²) in [7, 11) is 2.18. The van der Waals surface area contributed by atoms with Crippen molar-refractivity contribution < 1.29 is 9.59 Å². The first-order chi connectivity index (χ1) is 15.3. The first-order valence-electron chi connectivity index (χ1n) is 11.8. The number of anilines is 1. The lowest BCUT2D eigenvalue weighted by Crippen LogP contribution is -2.45. The molecule has 6 heteroatoms. The maximum Gasteiger partial charge on any atom is 0.228 e. The van der Waals surface area contributed by atoms with E-state index in [-0.39, 0.29) is 30.2 Å². The Kier molecular flexibility index (Phi) is 7.01. The molecule has 1 aromatic carbocycles. The highest BCUT2D eigenvalue weighted by atomic mass is 32.1. The Hall–Kier alpha value is -2.18. The Balaban J connectivity index is 1.50. The third-order valence-electron chi connectivity index (χ3n) is 7.14. The van der Waals surface area contributed by atoms with E-state index in [1.807, 2.05) is 52.4 Å². The van der Waals surface area contributed by atoms with Gasteiger partial charge in [0.1, 0.15) is 0 Å². The summed E-state index contributed by atoms with van der Waals surface area (Å²) in [6.07, 6.45) is 2.36. The molecule has 0 N–H and O–H groups in total. The highest BCUT2D eigenvalue weighted by Crippen LogP contribution is 2.44. The Morgan fingerprint density at radius 3 is 2.44 bits per heavy atom. The molecule has 2 atom stereocenters. The minimum atomic E-state index is -0.322. The van der Waals surface area contributed by atoms with Gasteiger partial charge in [-0.25, -0.2) is 0 Å². The number of hydrogen-bond acceptors (Lipinski definition) is 4. The number of aryl methyl sites for hydroxylation is 1. The second-order valence-electron chi connectivity index (χ2n) is 9.67. The highest BCUT2D eigenvalue weighted by molar-refractivity contribution is 7.10. The van der Waals surface area contributed by atoms with Crippen LogP contribution in [-0.2, 0) is 9.59 Å². The predicted octanol–water partition coefficient (Wildman–Crippen LogP) is 4.73. The minimum Gasteiger partial charge on any atom is -0.342 e. The molecule has 2 aromatic rings. The van der Waals surface area contributed by atoms with Gasteiger partial charge in [-0.2, -0.15) is 0 Å². The van der Waals surface area contributed by atoms with Gasteiger partial charge in [0.25, 0.3) is 0 Å². The van der Waals surface area contributed by atoms with Crippen molar-refractivity contribution in [2.24, 2.45) is 11.8 Å². The molecule has 2 saturated heterocycles. The van der Waals surface area contributed by atoms with Crippen LogP contribution in [0.25, 0.3) is 0 Å². The van der Waals surface area contributed by atoms with Crippen molar-refractivity contribution in [2.75, 3.05) is 31.6 Å². The fraction of sp³-hybridized carbons (Fsp3) is 0.538. The van der Waals surface area contributed by atoms with E-state index in [0.717, 1.165) is 48.6 Å². The molecule has 0 saturated carbocycles. The zero-order valence-electron chi connectivity index (χ0n) is 19.7. The molecule has 0 bridgehead atoms. The molecule has 0 spiro atoms. The zero-order valence-corrected chi connectivity index (χ0v) is 20.5. The number of piperidine rings is 1. The molecule has 2 aliphatic rings. The van der Waals surface area contributed by atoms with Crippen LogP contribution in [0.4, 0.5) is 5.69 Å². The number of hydrogen-bond donors (Lipinski definition) is 0. The third-order valence-corrected chi connectivity index (χ3v) is 8.08. The monoisotopic (exact) mass is 453 g/mol. The van der Waals surface area contributed by atoms with E-state index in [2.05, 4.69) is 31.9 Å². The molecule has 0 radical (unpaired) electrons. The van der Waals surface area contributed by atoms with Crippen molar-refractivity contribution in [2.45, 2.75) is 52.1 Å². The summed E-state index contributed by atoms with van der Waals surface area (Å²) in [5.74, 6) is 0.493. The molecule has 1 aromatic heterocycles. The lowest BCUT2D eigenvalue weighted by atomic mass is 9.92. The van der Waals surface area contributed by atoms with E-state index in [1.54, 1.807) is 11.3 Å². The Labute approximate surface area is 196 Å². The second-order valence-corrected chi connectivity index (χ2v) is 10.7. The summed E-state index contributed by atoms with van der Waals surface area (Å²) in [5.41, 5.74) is 2.04. The topological polar surface area (TPSA) is 43.9 Å². The number of carbonyl (C=O) groups excluding carboxylic acids is 2. The Bertz CT molecular complexity index is 917.